The van der Waals surface area contributed by atoms with Crippen molar-refractivity contribution < 1.29 is 0 Å². The van der Waals surface area contributed by atoms with Crippen molar-refractivity contribution in [2.45, 2.75) is 10.8 Å². The standard InChI is InChI=1S/2C67H42N2S/c1-2-17-43(18-3-1)45-19-14-20-46(41-45)49-21-5-10-31-61(49)68(47-37-35-44(36-38-47)50-25-15-27-56-54-24-7-13-34-64(54)70-66(50)56)48-39-40-52-51-22-4-8-28-57(51)67(60(52)42-48)58-29-9-12-33-63(58)69-62-32-11-6-23-53(62)55-26-16-30-59(67)65(55)69;1-2-16-43(17-3-1)45-18-14-19-47(40-45)50-20-5-10-28-61(50)68(48-35-32-44(33-36-48)46-34-39-65-56(41-46)54-23-7-13-31-64(54)70-65)49-37-38-52-51-21-4-8-25-57(51)67(60(52)42-49)58-26-9-12-30-63(58)69-62-29-11-6-22-53(62)55-24-15-27-59(67)66(55)69/h2*1-42H. The highest BCUT2D eigenvalue weighted by Gasteiger charge is 2.53. The van der Waals surface area contributed by atoms with Gasteiger partial charge in [-0.25, -0.2) is 0 Å². The summed E-state index contributed by atoms with van der Waals surface area (Å²) < 4.78 is 10.3. The van der Waals surface area contributed by atoms with Gasteiger partial charge < -0.3 is 18.9 Å². The van der Waals surface area contributed by atoms with Gasteiger partial charge >= 0.3 is 0 Å². The van der Waals surface area contributed by atoms with Crippen molar-refractivity contribution in [1.29, 1.82) is 0 Å². The van der Waals surface area contributed by atoms with E-state index in [2.05, 4.69) is 529 Å². The summed E-state index contributed by atoms with van der Waals surface area (Å²) in [4.78, 5) is 4.99. The summed E-state index contributed by atoms with van der Waals surface area (Å²) in [6, 6.07) is 190. The second-order valence-corrected chi connectivity index (χ2v) is 39.6. The molecule has 2 unspecified atom stereocenters. The van der Waals surface area contributed by atoms with Gasteiger partial charge in [-0.15, -0.1) is 22.7 Å². The number of nitrogens with zero attached hydrogens (tertiary/aromatic N) is 4. The minimum absolute atomic E-state index is 0.577. The third-order valence-electron chi connectivity index (χ3n) is 30.4. The number of thiophene rings is 2. The van der Waals surface area contributed by atoms with Crippen LogP contribution >= 0.6 is 22.7 Å². The SMILES string of the molecule is c1ccc(-c2cccc(-c3ccccc3N(c3ccc(-c4ccc5sc6ccccc6c5c4)cc3)c3ccc4c(c3)C3(c5ccccc5-4)c4ccccc4-n4c5ccccc5c5cccc3c54)c2)cc1.c1ccc(-c2cccc(-c3ccccc3N(c3ccc(-c4cccc5c4sc4ccccc45)cc3)c3ccc4c(c3)C3(c5ccccc5-4)c4ccccc4-n4c5ccccc5c5cccc3c54)c2)cc1. The molecular formula is C134H84N4S2. The van der Waals surface area contributed by atoms with Crippen molar-refractivity contribution in [3.05, 3.63) is 554 Å². The Morgan fingerprint density at radius 1 is 0.171 bits per heavy atom. The van der Waals surface area contributed by atoms with Crippen molar-refractivity contribution in [3.8, 4) is 100 Å². The number of hydrogen-bond donors (Lipinski definition) is 0. The van der Waals surface area contributed by atoms with Gasteiger partial charge in [0, 0.05) is 95.8 Å². The van der Waals surface area contributed by atoms with Gasteiger partial charge in [0.05, 0.1) is 55.6 Å². The lowest BCUT2D eigenvalue weighted by molar-refractivity contribution is 0.748. The Bertz CT molecular complexity index is 9600. The molecule has 140 heavy (non-hydrogen) atoms. The van der Waals surface area contributed by atoms with Crippen molar-refractivity contribution >= 4 is 141 Å². The Balaban J connectivity index is 0.000000134. The van der Waals surface area contributed by atoms with Gasteiger partial charge in [-0.05, 0) is 244 Å². The molecule has 4 aromatic heterocycles. The first kappa shape index (κ1) is 79.8. The molecule has 2 aliphatic heterocycles. The molecule has 2 atom stereocenters. The molecule has 652 valence electrons. The number of rotatable bonds is 12. The fraction of sp³-hybridized carbons (Fsp3) is 0.0149. The van der Waals surface area contributed by atoms with Crippen LogP contribution in [0.15, 0.2) is 510 Å². The lowest BCUT2D eigenvalue weighted by Gasteiger charge is -2.40. The zero-order valence-corrected chi connectivity index (χ0v) is 77.7. The van der Waals surface area contributed by atoms with Crippen LogP contribution in [0.25, 0.3) is 184 Å². The van der Waals surface area contributed by atoms with Gasteiger partial charge in [0.2, 0.25) is 0 Å². The molecular weight excluding hydrogens is 1730 g/mol. The van der Waals surface area contributed by atoms with E-state index in [1.54, 1.807) is 0 Å². The maximum Gasteiger partial charge on any atom is 0.0755 e. The lowest BCUT2D eigenvalue weighted by atomic mass is 9.65. The summed E-state index contributed by atoms with van der Waals surface area (Å²) in [5.41, 5.74) is 42.8. The van der Waals surface area contributed by atoms with Crippen LogP contribution in [-0.4, -0.2) is 9.13 Å². The summed E-state index contributed by atoms with van der Waals surface area (Å²) in [6.45, 7) is 0. The van der Waals surface area contributed by atoms with Crippen LogP contribution in [0.1, 0.15) is 44.5 Å². The van der Waals surface area contributed by atoms with E-state index in [1.165, 1.54) is 218 Å². The smallest absolute Gasteiger partial charge is 0.0755 e. The van der Waals surface area contributed by atoms with Crippen molar-refractivity contribution in [3.63, 3.8) is 0 Å². The van der Waals surface area contributed by atoms with Crippen LogP contribution < -0.4 is 9.80 Å². The zero-order chi connectivity index (χ0) is 91.8. The number of hydrogen-bond acceptors (Lipinski definition) is 4. The third kappa shape index (κ3) is 11.8. The molecule has 0 amide bonds. The van der Waals surface area contributed by atoms with Crippen LogP contribution in [0.3, 0.4) is 0 Å². The molecule has 4 nitrogen and oxygen atoms in total. The molecule has 26 aromatic rings. The van der Waals surface area contributed by atoms with Gasteiger partial charge in [-0.3, -0.25) is 0 Å². The minimum Gasteiger partial charge on any atom is -0.310 e. The summed E-state index contributed by atoms with van der Waals surface area (Å²) in [6.07, 6.45) is 0. The van der Waals surface area contributed by atoms with E-state index in [0.29, 0.717) is 0 Å². The normalized spacial score (nSPS) is 14.3. The van der Waals surface area contributed by atoms with E-state index in [1.807, 2.05) is 22.7 Å². The van der Waals surface area contributed by atoms with Crippen LogP contribution in [0.4, 0.5) is 34.1 Å². The molecule has 0 saturated carbocycles. The molecule has 0 fully saturated rings. The molecule has 30 rings (SSSR count). The minimum atomic E-state index is -0.579. The van der Waals surface area contributed by atoms with Crippen LogP contribution in [-0.2, 0) is 10.8 Å². The monoisotopic (exact) mass is 1810 g/mol. The topological polar surface area (TPSA) is 16.3 Å². The number of fused-ring (bicyclic) bond motifs is 30. The average Bonchev–Trinajstić information content (AvgIpc) is 1.50. The lowest BCUT2D eigenvalue weighted by Crippen LogP contribution is -2.33. The molecule has 4 aliphatic rings. The second-order valence-electron chi connectivity index (χ2n) is 37.5. The Hall–Kier alpha value is -17.5. The van der Waals surface area contributed by atoms with E-state index in [0.717, 1.165) is 45.3 Å². The van der Waals surface area contributed by atoms with Gasteiger partial charge in [0.1, 0.15) is 0 Å². The molecule has 2 aliphatic carbocycles. The van der Waals surface area contributed by atoms with Crippen molar-refractivity contribution in [1.82, 2.24) is 9.13 Å². The highest BCUT2D eigenvalue weighted by atomic mass is 32.1. The molecule has 22 aromatic carbocycles. The predicted molar refractivity (Wildman–Crippen MR) is 591 cm³/mol. The second kappa shape index (κ2) is 31.5. The fourth-order valence-electron chi connectivity index (χ4n) is 24.5. The molecule has 2 spiro atoms. The third-order valence-corrected chi connectivity index (χ3v) is 32.8. The van der Waals surface area contributed by atoms with E-state index >= 15 is 0 Å². The number of para-hydroxylation sites is 8. The van der Waals surface area contributed by atoms with Crippen LogP contribution in [0, 0.1) is 0 Å². The largest absolute Gasteiger partial charge is 0.310 e. The molecule has 0 radical (unpaired) electrons. The van der Waals surface area contributed by atoms with Crippen LogP contribution in [0.5, 0.6) is 0 Å². The Morgan fingerprint density at radius 2 is 0.507 bits per heavy atom. The Morgan fingerprint density at radius 3 is 1.04 bits per heavy atom. The van der Waals surface area contributed by atoms with Crippen molar-refractivity contribution in [2.75, 3.05) is 9.80 Å². The number of aromatic nitrogens is 2. The average molecular weight is 1810 g/mol. The van der Waals surface area contributed by atoms with Gasteiger partial charge in [-0.2, -0.15) is 0 Å². The highest BCUT2D eigenvalue weighted by Crippen LogP contribution is 2.65. The summed E-state index contributed by atoms with van der Waals surface area (Å²) in [7, 11) is 0. The van der Waals surface area contributed by atoms with Gasteiger partial charge in [0.25, 0.3) is 0 Å². The summed E-state index contributed by atoms with van der Waals surface area (Å²) >= 11 is 3.74. The number of anilines is 6. The molecule has 0 bridgehead atoms. The number of benzene rings is 22. The van der Waals surface area contributed by atoms with E-state index in [-0.39, 0.29) is 0 Å². The zero-order valence-electron chi connectivity index (χ0n) is 76.1. The first-order valence-electron chi connectivity index (χ1n) is 48.3. The summed E-state index contributed by atoms with van der Waals surface area (Å²) in [5, 5.41) is 10.4. The van der Waals surface area contributed by atoms with Crippen LogP contribution in [0.2, 0.25) is 0 Å². The Labute approximate surface area is 818 Å². The molecule has 0 saturated heterocycles. The quantitative estimate of drug-likeness (QED) is 0.121. The maximum absolute atomic E-state index is 2.53. The fourth-order valence-corrected chi connectivity index (χ4v) is 26.8. The summed E-state index contributed by atoms with van der Waals surface area (Å²) in [5.74, 6) is 0. The first-order valence-corrected chi connectivity index (χ1v) is 50.0. The van der Waals surface area contributed by atoms with E-state index < -0.39 is 10.8 Å². The van der Waals surface area contributed by atoms with E-state index in [4.69, 9.17) is 0 Å². The molecule has 6 heteroatoms. The van der Waals surface area contributed by atoms with E-state index in [9.17, 15) is 0 Å². The maximum atomic E-state index is 2.53. The predicted octanol–water partition coefficient (Wildman–Crippen LogP) is 36.6. The Kier molecular flexibility index (Phi) is 18.0. The first-order chi connectivity index (χ1) is 69.5. The molecule has 0 N–H and O–H groups in total. The molecule has 6 heterocycles. The van der Waals surface area contributed by atoms with Crippen molar-refractivity contribution in [2.24, 2.45) is 0 Å². The van der Waals surface area contributed by atoms with Gasteiger partial charge in [0.15, 0.2) is 0 Å². The highest BCUT2D eigenvalue weighted by molar-refractivity contribution is 7.26. The van der Waals surface area contributed by atoms with Gasteiger partial charge in [-0.1, -0.05) is 388 Å².